The van der Waals surface area contributed by atoms with Gasteiger partial charge in [0.05, 0.1) is 23.0 Å². The molecule has 1 aromatic carbocycles. The quantitative estimate of drug-likeness (QED) is 0.256. The SMILES string of the molecule is Cc1cc2c(cn1)nc(-c1cc(C(=O)c3ccccc3C(F)(F)F)cn1SF)n2SF. The van der Waals surface area contributed by atoms with Gasteiger partial charge in [-0.05, 0) is 25.1 Å². The number of ketones is 1. The van der Waals surface area contributed by atoms with Crippen LogP contribution in [0, 0.1) is 6.92 Å². The molecule has 0 unspecified atom stereocenters. The third kappa shape index (κ3) is 3.81. The molecule has 0 bridgehead atoms. The van der Waals surface area contributed by atoms with Gasteiger partial charge in [0.15, 0.2) is 36.3 Å². The molecule has 12 heteroatoms. The predicted octanol–water partition coefficient (Wildman–Crippen LogP) is 6.22. The molecule has 0 aliphatic carbocycles. The molecule has 4 aromatic rings. The van der Waals surface area contributed by atoms with Crippen LogP contribution in [0.3, 0.4) is 0 Å². The minimum Gasteiger partial charge on any atom is -0.289 e. The predicted molar refractivity (Wildman–Crippen MR) is 109 cm³/mol. The first-order valence-corrected chi connectivity index (χ1v) is 9.96. The van der Waals surface area contributed by atoms with Gasteiger partial charge in [0.1, 0.15) is 5.52 Å². The summed E-state index contributed by atoms with van der Waals surface area (Å²) in [4.78, 5) is 21.2. The van der Waals surface area contributed by atoms with Crippen LogP contribution >= 0.6 is 24.7 Å². The van der Waals surface area contributed by atoms with Crippen molar-refractivity contribution in [2.45, 2.75) is 13.1 Å². The monoisotopic (exact) mass is 470 g/mol. The van der Waals surface area contributed by atoms with E-state index in [1.807, 2.05) is 0 Å². The molecule has 5 nitrogen and oxygen atoms in total. The highest BCUT2D eigenvalue weighted by Crippen LogP contribution is 2.36. The summed E-state index contributed by atoms with van der Waals surface area (Å²) in [6.45, 7) is 1.70. The Bertz CT molecular complexity index is 1300. The molecule has 0 aliphatic heterocycles. The summed E-state index contributed by atoms with van der Waals surface area (Å²) in [7, 11) is 0. The maximum absolute atomic E-state index is 13.7. The fraction of sp³-hybridized carbons (Fsp3) is 0.105. The van der Waals surface area contributed by atoms with E-state index in [0.717, 1.165) is 26.3 Å². The van der Waals surface area contributed by atoms with Gasteiger partial charge in [0.25, 0.3) is 0 Å². The lowest BCUT2D eigenvalue weighted by Gasteiger charge is -2.10. The second-order valence-corrected chi connectivity index (χ2v) is 7.53. The van der Waals surface area contributed by atoms with Gasteiger partial charge in [-0.2, -0.15) is 13.2 Å². The number of rotatable bonds is 5. The van der Waals surface area contributed by atoms with E-state index >= 15 is 0 Å². The van der Waals surface area contributed by atoms with Crippen molar-refractivity contribution >= 4 is 41.5 Å². The number of carbonyl (C=O) groups is 1. The first kappa shape index (κ1) is 21.4. The Labute approximate surface area is 181 Å². The number of pyridine rings is 1. The summed E-state index contributed by atoms with van der Waals surface area (Å²) in [5.41, 5.74) is -0.567. The molecule has 0 aliphatic rings. The van der Waals surface area contributed by atoms with Crippen LogP contribution in [0.1, 0.15) is 27.2 Å². The summed E-state index contributed by atoms with van der Waals surface area (Å²) in [5.74, 6) is -0.974. The number of hydrogen-bond acceptors (Lipinski definition) is 5. The number of nitrogens with zero attached hydrogens (tertiary/aromatic N) is 4. The summed E-state index contributed by atoms with van der Waals surface area (Å²) in [6, 6.07) is 7.08. The van der Waals surface area contributed by atoms with E-state index in [-0.39, 0.29) is 41.7 Å². The first-order valence-electron chi connectivity index (χ1n) is 8.61. The molecule has 0 saturated heterocycles. The van der Waals surface area contributed by atoms with Crippen LogP contribution in [0.25, 0.3) is 22.6 Å². The Morgan fingerprint density at radius 2 is 1.84 bits per heavy atom. The van der Waals surface area contributed by atoms with Crippen LogP contribution in [-0.4, -0.2) is 23.7 Å². The third-order valence-corrected chi connectivity index (χ3v) is 5.49. The Hall–Kier alpha value is -2.86. The minimum atomic E-state index is -4.74. The molecule has 0 atom stereocenters. The second kappa shape index (κ2) is 8.00. The van der Waals surface area contributed by atoms with E-state index in [9.17, 15) is 25.7 Å². The largest absolute Gasteiger partial charge is 0.417 e. The van der Waals surface area contributed by atoms with Crippen LogP contribution in [0.5, 0.6) is 0 Å². The third-order valence-electron chi connectivity index (χ3n) is 4.53. The van der Waals surface area contributed by atoms with E-state index in [4.69, 9.17) is 0 Å². The van der Waals surface area contributed by atoms with Crippen molar-refractivity contribution in [1.82, 2.24) is 17.9 Å². The zero-order valence-electron chi connectivity index (χ0n) is 15.5. The molecule has 0 N–H and O–H groups in total. The Morgan fingerprint density at radius 3 is 2.52 bits per heavy atom. The number of benzene rings is 1. The Kier molecular flexibility index (Phi) is 5.52. The molecule has 0 saturated carbocycles. The number of imidazole rings is 1. The molecule has 4 rings (SSSR count). The van der Waals surface area contributed by atoms with E-state index in [2.05, 4.69) is 9.97 Å². The maximum Gasteiger partial charge on any atom is 0.417 e. The number of aryl methyl sites for hydroxylation is 1. The zero-order chi connectivity index (χ0) is 22.3. The average molecular weight is 470 g/mol. The molecular weight excluding hydrogens is 459 g/mol. The highest BCUT2D eigenvalue weighted by atomic mass is 32.2. The lowest BCUT2D eigenvalue weighted by molar-refractivity contribution is -0.137. The van der Waals surface area contributed by atoms with Gasteiger partial charge in [-0.3, -0.25) is 13.8 Å². The van der Waals surface area contributed by atoms with Gasteiger partial charge < -0.3 is 0 Å². The lowest BCUT2D eigenvalue weighted by Crippen LogP contribution is -2.13. The van der Waals surface area contributed by atoms with Gasteiger partial charge in [0.2, 0.25) is 0 Å². The summed E-state index contributed by atoms with van der Waals surface area (Å²) in [6.07, 6.45) is -2.27. The van der Waals surface area contributed by atoms with E-state index in [0.29, 0.717) is 16.7 Å². The minimum absolute atomic E-state index is 0.000608. The number of alkyl halides is 3. The van der Waals surface area contributed by atoms with Gasteiger partial charge in [-0.25, -0.2) is 8.96 Å². The molecule has 160 valence electrons. The number of fused-ring (bicyclic) bond motifs is 1. The second-order valence-electron chi connectivity index (χ2n) is 6.49. The fourth-order valence-corrected chi connectivity index (χ4v) is 3.95. The van der Waals surface area contributed by atoms with Crippen LogP contribution in [0.15, 0.2) is 48.8 Å². The number of hydrogen-bond donors (Lipinski definition) is 0. The van der Waals surface area contributed by atoms with E-state index in [1.165, 1.54) is 24.4 Å². The van der Waals surface area contributed by atoms with Crippen LogP contribution in [0.4, 0.5) is 20.9 Å². The maximum atomic E-state index is 13.7. The summed E-state index contributed by atoms with van der Waals surface area (Å²) < 4.78 is 69.2. The van der Waals surface area contributed by atoms with Crippen LogP contribution in [-0.2, 0) is 6.18 Å². The molecule has 0 fully saturated rings. The number of halogens is 5. The van der Waals surface area contributed by atoms with Crippen molar-refractivity contribution in [2.75, 3.05) is 0 Å². The molecule has 3 heterocycles. The van der Waals surface area contributed by atoms with Crippen molar-refractivity contribution in [3.63, 3.8) is 0 Å². The van der Waals surface area contributed by atoms with Gasteiger partial charge in [-0.1, -0.05) is 18.2 Å². The molecule has 3 aromatic heterocycles. The molecule has 31 heavy (non-hydrogen) atoms. The van der Waals surface area contributed by atoms with Gasteiger partial charge in [-0.15, -0.1) is 7.77 Å². The fourth-order valence-electron chi connectivity index (χ4n) is 3.16. The van der Waals surface area contributed by atoms with Gasteiger partial charge >= 0.3 is 6.18 Å². The average Bonchev–Trinajstić information content (AvgIpc) is 3.33. The van der Waals surface area contributed by atoms with E-state index < -0.39 is 23.1 Å². The number of carbonyl (C=O) groups excluding carboxylic acids is 1. The normalized spacial score (nSPS) is 11.9. The summed E-state index contributed by atoms with van der Waals surface area (Å²) >= 11 is -0.471. The molecule has 0 spiro atoms. The van der Waals surface area contributed by atoms with Crippen molar-refractivity contribution in [3.8, 4) is 11.5 Å². The Balaban J connectivity index is 1.86. The van der Waals surface area contributed by atoms with Crippen molar-refractivity contribution in [2.24, 2.45) is 0 Å². The highest BCUT2D eigenvalue weighted by Gasteiger charge is 2.35. The van der Waals surface area contributed by atoms with Crippen molar-refractivity contribution < 1.29 is 25.7 Å². The molecular formula is C19H11F5N4OS2. The zero-order valence-corrected chi connectivity index (χ0v) is 17.2. The lowest BCUT2D eigenvalue weighted by atomic mass is 9.99. The summed E-state index contributed by atoms with van der Waals surface area (Å²) in [5, 5.41) is 0. The van der Waals surface area contributed by atoms with Gasteiger partial charge in [0, 0.05) is 23.0 Å². The number of aromatic nitrogens is 4. The smallest absolute Gasteiger partial charge is 0.289 e. The standard InChI is InChI=1S/C19H11F5N4OS2/c1-10-6-15-14(8-25-10)26-18(28(15)31-24)16-7-11(9-27(16)30-23)17(29)12-4-2-3-5-13(12)19(20,21)22/h2-9H,1H3. The van der Waals surface area contributed by atoms with E-state index in [1.54, 1.807) is 13.0 Å². The first-order chi connectivity index (χ1) is 14.7. The van der Waals surface area contributed by atoms with Crippen molar-refractivity contribution in [1.29, 1.82) is 0 Å². The highest BCUT2D eigenvalue weighted by molar-refractivity contribution is 7.93. The van der Waals surface area contributed by atoms with Crippen LogP contribution in [0.2, 0.25) is 0 Å². The molecule has 0 amide bonds. The Morgan fingerprint density at radius 1 is 1.10 bits per heavy atom. The van der Waals surface area contributed by atoms with Crippen molar-refractivity contribution in [3.05, 3.63) is 71.2 Å². The van der Waals surface area contributed by atoms with Crippen LogP contribution < -0.4 is 0 Å². The molecule has 0 radical (unpaired) electrons. The topological polar surface area (TPSA) is 52.7 Å².